The second-order valence-electron chi connectivity index (χ2n) is 3.46. The van der Waals surface area contributed by atoms with Crippen molar-refractivity contribution in [2.45, 2.75) is 26.2 Å². The zero-order valence-corrected chi connectivity index (χ0v) is 10.1. The molecular formula is C9H11BrO2S. The number of carbonyl (C=O) groups is 1. The predicted molar refractivity (Wildman–Crippen MR) is 57.4 cm³/mol. The van der Waals surface area contributed by atoms with E-state index in [1.54, 1.807) is 13.8 Å². The third-order valence-electron chi connectivity index (χ3n) is 1.91. The molecule has 0 unspecified atom stereocenters. The van der Waals surface area contributed by atoms with Crippen LogP contribution in [0.4, 0.5) is 0 Å². The first-order valence-corrected chi connectivity index (χ1v) is 5.46. The van der Waals surface area contributed by atoms with Crippen molar-refractivity contribution in [2.75, 3.05) is 0 Å². The van der Waals surface area contributed by atoms with Crippen molar-refractivity contribution >= 4 is 33.2 Å². The van der Waals surface area contributed by atoms with E-state index in [1.165, 1.54) is 11.3 Å². The summed E-state index contributed by atoms with van der Waals surface area (Å²) in [5, 5.41) is 9.01. The molecule has 0 saturated heterocycles. The maximum absolute atomic E-state index is 11.0. The van der Waals surface area contributed by atoms with Crippen LogP contribution in [0.15, 0.2) is 10.5 Å². The second-order valence-corrected chi connectivity index (χ2v) is 5.57. The van der Waals surface area contributed by atoms with Crippen LogP contribution in [0.25, 0.3) is 0 Å². The average molecular weight is 263 g/mol. The maximum Gasteiger partial charge on any atom is 0.314 e. The van der Waals surface area contributed by atoms with E-state index in [1.807, 2.05) is 13.0 Å². The minimum Gasteiger partial charge on any atom is -0.481 e. The minimum absolute atomic E-state index is 0.796. The number of carboxylic acids is 1. The Morgan fingerprint density at radius 2 is 2.15 bits per heavy atom. The van der Waals surface area contributed by atoms with Crippen LogP contribution in [0, 0.1) is 6.92 Å². The highest BCUT2D eigenvalue weighted by Gasteiger charge is 2.32. The van der Waals surface area contributed by atoms with Crippen molar-refractivity contribution in [3.63, 3.8) is 0 Å². The third kappa shape index (κ3) is 1.94. The number of aryl methyl sites for hydroxylation is 1. The molecule has 0 spiro atoms. The fourth-order valence-corrected chi connectivity index (χ4v) is 3.24. The van der Waals surface area contributed by atoms with Crippen LogP contribution in [0.5, 0.6) is 0 Å². The fraction of sp³-hybridized carbons (Fsp3) is 0.444. The van der Waals surface area contributed by atoms with Gasteiger partial charge in [0.05, 0.1) is 5.41 Å². The molecule has 0 aromatic carbocycles. The van der Waals surface area contributed by atoms with Gasteiger partial charge in [0.2, 0.25) is 0 Å². The van der Waals surface area contributed by atoms with E-state index in [9.17, 15) is 4.79 Å². The Labute approximate surface area is 89.7 Å². The Hall–Kier alpha value is -0.350. The van der Waals surface area contributed by atoms with Crippen LogP contribution in [-0.4, -0.2) is 11.1 Å². The summed E-state index contributed by atoms with van der Waals surface area (Å²) in [5.74, 6) is -0.796. The van der Waals surface area contributed by atoms with Gasteiger partial charge in [-0.25, -0.2) is 0 Å². The average Bonchev–Trinajstić information content (AvgIpc) is 2.30. The molecule has 0 atom stereocenters. The number of carboxylic acid groups (broad SMARTS) is 1. The molecular weight excluding hydrogens is 252 g/mol. The summed E-state index contributed by atoms with van der Waals surface area (Å²) in [6, 6.07) is 1.95. The second kappa shape index (κ2) is 3.42. The number of hydrogen-bond acceptors (Lipinski definition) is 2. The largest absolute Gasteiger partial charge is 0.481 e. The molecule has 13 heavy (non-hydrogen) atoms. The molecule has 1 N–H and O–H groups in total. The topological polar surface area (TPSA) is 37.3 Å². The summed E-state index contributed by atoms with van der Waals surface area (Å²) in [6.45, 7) is 5.40. The highest BCUT2D eigenvalue weighted by molar-refractivity contribution is 9.10. The molecule has 1 aromatic rings. The Bertz CT molecular complexity index is 341. The summed E-state index contributed by atoms with van der Waals surface area (Å²) in [4.78, 5) is 13.0. The molecule has 0 aliphatic carbocycles. The van der Waals surface area contributed by atoms with Crippen molar-refractivity contribution in [1.29, 1.82) is 0 Å². The number of rotatable bonds is 2. The highest BCUT2D eigenvalue weighted by atomic mass is 79.9. The Kier molecular flexibility index (Phi) is 2.82. The van der Waals surface area contributed by atoms with Crippen LogP contribution < -0.4 is 0 Å². The first-order valence-electron chi connectivity index (χ1n) is 3.85. The summed E-state index contributed by atoms with van der Waals surface area (Å²) >= 11 is 4.89. The Morgan fingerprint density at radius 1 is 1.62 bits per heavy atom. The standard InChI is InChI=1S/C9H11BrO2S/c1-5-4-6(10)7(13-5)9(2,3)8(11)12/h4H,1-3H3,(H,11,12). The fourth-order valence-electron chi connectivity index (χ4n) is 1.01. The number of hydrogen-bond donors (Lipinski definition) is 1. The van der Waals surface area contributed by atoms with Crippen molar-refractivity contribution < 1.29 is 9.90 Å². The van der Waals surface area contributed by atoms with Gasteiger partial charge in [-0.3, -0.25) is 4.79 Å². The van der Waals surface area contributed by atoms with Gasteiger partial charge in [-0.05, 0) is 42.8 Å². The van der Waals surface area contributed by atoms with Crippen LogP contribution in [-0.2, 0) is 10.2 Å². The molecule has 1 rings (SSSR count). The van der Waals surface area contributed by atoms with Gasteiger partial charge >= 0.3 is 5.97 Å². The van der Waals surface area contributed by atoms with Crippen molar-refractivity contribution in [3.8, 4) is 0 Å². The molecule has 1 heterocycles. The lowest BCUT2D eigenvalue weighted by Gasteiger charge is -2.17. The molecule has 0 saturated carbocycles. The number of aliphatic carboxylic acids is 1. The van der Waals surface area contributed by atoms with Gasteiger partial charge in [0.25, 0.3) is 0 Å². The van der Waals surface area contributed by atoms with Crippen molar-refractivity contribution in [1.82, 2.24) is 0 Å². The first kappa shape index (κ1) is 10.7. The van der Waals surface area contributed by atoms with Gasteiger partial charge in [-0.15, -0.1) is 11.3 Å². The molecule has 0 radical (unpaired) electrons. The predicted octanol–water partition coefficient (Wildman–Crippen LogP) is 3.18. The maximum atomic E-state index is 11.0. The van der Waals surface area contributed by atoms with Gasteiger partial charge in [0.1, 0.15) is 0 Å². The van der Waals surface area contributed by atoms with Crippen LogP contribution in [0.1, 0.15) is 23.6 Å². The van der Waals surface area contributed by atoms with E-state index in [0.29, 0.717) is 0 Å². The van der Waals surface area contributed by atoms with Gasteiger partial charge in [-0.2, -0.15) is 0 Å². The normalized spacial score (nSPS) is 11.7. The molecule has 4 heteroatoms. The van der Waals surface area contributed by atoms with E-state index in [2.05, 4.69) is 15.9 Å². The molecule has 0 fully saturated rings. The van der Waals surface area contributed by atoms with Gasteiger partial charge < -0.3 is 5.11 Å². The van der Waals surface area contributed by atoms with Crippen LogP contribution in [0.2, 0.25) is 0 Å². The minimum atomic E-state index is -0.808. The van der Waals surface area contributed by atoms with E-state index in [4.69, 9.17) is 5.11 Å². The quantitative estimate of drug-likeness (QED) is 0.889. The highest BCUT2D eigenvalue weighted by Crippen LogP contribution is 2.37. The zero-order chi connectivity index (χ0) is 10.2. The molecule has 72 valence electrons. The smallest absolute Gasteiger partial charge is 0.314 e. The van der Waals surface area contributed by atoms with E-state index in [-0.39, 0.29) is 0 Å². The van der Waals surface area contributed by atoms with E-state index >= 15 is 0 Å². The van der Waals surface area contributed by atoms with Gasteiger partial charge in [0.15, 0.2) is 0 Å². The lowest BCUT2D eigenvalue weighted by molar-refractivity contribution is -0.142. The number of halogens is 1. The molecule has 0 aliphatic rings. The summed E-state index contributed by atoms with van der Waals surface area (Å²) in [6.07, 6.45) is 0. The summed E-state index contributed by atoms with van der Waals surface area (Å²) < 4.78 is 0.891. The molecule has 2 nitrogen and oxygen atoms in total. The Balaban J connectivity index is 3.21. The van der Waals surface area contributed by atoms with Crippen LogP contribution in [0.3, 0.4) is 0 Å². The Morgan fingerprint density at radius 3 is 2.46 bits per heavy atom. The van der Waals surface area contributed by atoms with Gasteiger partial charge in [-0.1, -0.05) is 0 Å². The SMILES string of the molecule is Cc1cc(Br)c(C(C)(C)C(=O)O)s1. The van der Waals surface area contributed by atoms with Crippen molar-refractivity contribution in [2.24, 2.45) is 0 Å². The van der Waals surface area contributed by atoms with Crippen LogP contribution >= 0.6 is 27.3 Å². The molecule has 1 aromatic heterocycles. The number of thiophene rings is 1. The molecule has 0 bridgehead atoms. The summed E-state index contributed by atoms with van der Waals surface area (Å²) in [7, 11) is 0. The van der Waals surface area contributed by atoms with E-state index < -0.39 is 11.4 Å². The monoisotopic (exact) mass is 262 g/mol. The van der Waals surface area contributed by atoms with E-state index in [0.717, 1.165) is 14.2 Å². The first-order chi connectivity index (χ1) is 5.85. The lowest BCUT2D eigenvalue weighted by Crippen LogP contribution is -2.27. The molecule has 0 aliphatic heterocycles. The zero-order valence-electron chi connectivity index (χ0n) is 7.72. The van der Waals surface area contributed by atoms with Crippen molar-refractivity contribution in [3.05, 3.63) is 20.3 Å². The lowest BCUT2D eigenvalue weighted by atomic mass is 9.92. The summed E-state index contributed by atoms with van der Waals surface area (Å²) in [5.41, 5.74) is -0.808. The third-order valence-corrected chi connectivity index (χ3v) is 4.17. The van der Waals surface area contributed by atoms with Gasteiger partial charge in [0, 0.05) is 14.2 Å². The molecule has 0 amide bonds.